The molecule has 2 heterocycles. The Bertz CT molecular complexity index is 993. The summed E-state index contributed by atoms with van der Waals surface area (Å²) >= 11 is 1.73. The standard InChI is InChI=1S/C20H23N3SSi/c1-25(2,3)14-8-13-23-17-11-6-4-9-15(17)21-19(23)20-22-16-10-5-7-12-18(16)24-20/h4-7,9-12H,8,13-14H2,1-3H3. The van der Waals surface area contributed by atoms with E-state index in [4.69, 9.17) is 9.97 Å². The highest BCUT2D eigenvalue weighted by Crippen LogP contribution is 2.32. The number of hydrogen-bond acceptors (Lipinski definition) is 3. The van der Waals surface area contributed by atoms with Crippen molar-refractivity contribution in [2.45, 2.75) is 38.7 Å². The van der Waals surface area contributed by atoms with Crippen LogP contribution in [0.4, 0.5) is 0 Å². The lowest BCUT2D eigenvalue weighted by Gasteiger charge is -2.16. The SMILES string of the molecule is C[Si](C)(C)CCCn1c(-c2nc3ccccc3s2)nc2ccccc21. The molecule has 0 atom stereocenters. The fourth-order valence-corrected chi connectivity index (χ4v) is 5.38. The summed E-state index contributed by atoms with van der Waals surface area (Å²) in [6, 6.07) is 18.1. The first kappa shape index (κ1) is 16.5. The van der Waals surface area contributed by atoms with Crippen LogP contribution in [0, 0.1) is 0 Å². The zero-order valence-electron chi connectivity index (χ0n) is 15.0. The number of thiazole rings is 1. The van der Waals surface area contributed by atoms with Gasteiger partial charge in [-0.15, -0.1) is 11.3 Å². The smallest absolute Gasteiger partial charge is 0.170 e. The summed E-state index contributed by atoms with van der Waals surface area (Å²) in [4.78, 5) is 9.76. The summed E-state index contributed by atoms with van der Waals surface area (Å²) in [6.07, 6.45) is 1.20. The van der Waals surface area contributed by atoms with Crippen molar-refractivity contribution in [3.8, 4) is 10.8 Å². The Kier molecular flexibility index (Phi) is 4.21. The molecule has 0 aliphatic rings. The molecule has 0 spiro atoms. The lowest BCUT2D eigenvalue weighted by molar-refractivity contribution is 0.697. The normalized spacial score (nSPS) is 12.3. The Morgan fingerprint density at radius 3 is 2.40 bits per heavy atom. The van der Waals surface area contributed by atoms with Gasteiger partial charge in [-0.25, -0.2) is 9.97 Å². The van der Waals surface area contributed by atoms with Gasteiger partial charge in [0.05, 0.1) is 21.3 Å². The van der Waals surface area contributed by atoms with Crippen molar-refractivity contribution in [2.75, 3.05) is 0 Å². The van der Waals surface area contributed by atoms with E-state index < -0.39 is 8.07 Å². The first-order valence-corrected chi connectivity index (χ1v) is 13.3. The second kappa shape index (κ2) is 6.39. The van der Waals surface area contributed by atoms with Crippen LogP contribution < -0.4 is 0 Å². The minimum absolute atomic E-state index is 1.01. The van der Waals surface area contributed by atoms with Gasteiger partial charge in [0.1, 0.15) is 0 Å². The number of aryl methyl sites for hydroxylation is 1. The van der Waals surface area contributed by atoms with Crippen molar-refractivity contribution in [3.05, 3.63) is 48.5 Å². The molecule has 3 nitrogen and oxygen atoms in total. The first-order chi connectivity index (χ1) is 12.0. The quantitative estimate of drug-likeness (QED) is 0.404. The van der Waals surface area contributed by atoms with Crippen LogP contribution in [-0.2, 0) is 6.54 Å². The summed E-state index contributed by atoms with van der Waals surface area (Å²) < 4.78 is 3.59. The van der Waals surface area contributed by atoms with E-state index >= 15 is 0 Å². The van der Waals surface area contributed by atoms with E-state index in [2.05, 4.69) is 66.7 Å². The first-order valence-electron chi connectivity index (χ1n) is 8.82. The summed E-state index contributed by atoms with van der Waals surface area (Å²) in [7, 11) is -1.03. The molecule has 4 rings (SSSR count). The van der Waals surface area contributed by atoms with Crippen molar-refractivity contribution in [3.63, 3.8) is 0 Å². The van der Waals surface area contributed by atoms with Gasteiger partial charge in [0, 0.05) is 14.6 Å². The largest absolute Gasteiger partial charge is 0.322 e. The van der Waals surface area contributed by atoms with Crippen LogP contribution in [0.5, 0.6) is 0 Å². The van der Waals surface area contributed by atoms with Crippen molar-refractivity contribution < 1.29 is 0 Å². The highest BCUT2D eigenvalue weighted by molar-refractivity contribution is 7.21. The molecule has 0 amide bonds. The summed E-state index contributed by atoms with van der Waals surface area (Å²) in [5, 5.41) is 1.02. The number of hydrogen-bond donors (Lipinski definition) is 0. The second-order valence-corrected chi connectivity index (χ2v) is 14.4. The predicted molar refractivity (Wildman–Crippen MR) is 111 cm³/mol. The van der Waals surface area contributed by atoms with Gasteiger partial charge in [0.25, 0.3) is 0 Å². The minimum atomic E-state index is -1.03. The molecule has 2 aromatic carbocycles. The molecular formula is C20H23N3SSi. The number of benzene rings is 2. The Labute approximate surface area is 153 Å². The van der Waals surface area contributed by atoms with E-state index in [1.54, 1.807) is 11.3 Å². The number of aromatic nitrogens is 3. The highest BCUT2D eigenvalue weighted by Gasteiger charge is 2.17. The molecule has 0 saturated carbocycles. The van der Waals surface area contributed by atoms with Crippen LogP contribution in [0.25, 0.3) is 32.1 Å². The number of fused-ring (bicyclic) bond motifs is 2. The topological polar surface area (TPSA) is 30.7 Å². The third kappa shape index (κ3) is 3.39. The Hall–Kier alpha value is -1.98. The van der Waals surface area contributed by atoms with Crippen molar-refractivity contribution in [2.24, 2.45) is 0 Å². The average molecular weight is 366 g/mol. The van der Waals surface area contributed by atoms with Crippen molar-refractivity contribution in [1.29, 1.82) is 0 Å². The Morgan fingerprint density at radius 1 is 0.920 bits per heavy atom. The van der Waals surface area contributed by atoms with Crippen LogP contribution in [0.15, 0.2) is 48.5 Å². The molecule has 0 bridgehead atoms. The van der Waals surface area contributed by atoms with E-state index in [0.29, 0.717) is 0 Å². The molecule has 0 aliphatic carbocycles. The molecule has 0 radical (unpaired) electrons. The van der Waals surface area contributed by atoms with E-state index in [1.807, 2.05) is 6.07 Å². The molecular weight excluding hydrogens is 342 g/mol. The average Bonchev–Trinajstić information content (AvgIpc) is 3.15. The monoisotopic (exact) mass is 365 g/mol. The zero-order chi connectivity index (χ0) is 17.4. The van der Waals surface area contributed by atoms with Gasteiger partial charge in [-0.2, -0.15) is 0 Å². The number of rotatable bonds is 5. The molecule has 0 unspecified atom stereocenters. The lowest BCUT2D eigenvalue weighted by atomic mass is 10.3. The van der Waals surface area contributed by atoms with Crippen LogP contribution in [-0.4, -0.2) is 22.6 Å². The minimum Gasteiger partial charge on any atom is -0.322 e. The van der Waals surface area contributed by atoms with Gasteiger partial charge in [-0.1, -0.05) is 50.0 Å². The van der Waals surface area contributed by atoms with Crippen LogP contribution in [0.1, 0.15) is 6.42 Å². The summed E-state index contributed by atoms with van der Waals surface area (Å²) in [6.45, 7) is 8.32. The molecule has 5 heteroatoms. The molecule has 4 aromatic rings. The Morgan fingerprint density at radius 2 is 1.64 bits per heavy atom. The fraction of sp³-hybridized carbons (Fsp3) is 0.300. The van der Waals surface area contributed by atoms with Crippen molar-refractivity contribution in [1.82, 2.24) is 14.5 Å². The molecule has 0 aliphatic heterocycles. The lowest BCUT2D eigenvalue weighted by Crippen LogP contribution is -2.19. The molecule has 2 aromatic heterocycles. The van der Waals surface area contributed by atoms with Crippen molar-refractivity contribution >= 4 is 40.7 Å². The van der Waals surface area contributed by atoms with Gasteiger partial charge < -0.3 is 4.57 Å². The van der Waals surface area contributed by atoms with E-state index in [9.17, 15) is 0 Å². The van der Waals surface area contributed by atoms with Crippen LogP contribution in [0.2, 0.25) is 25.7 Å². The number of imidazole rings is 1. The van der Waals surface area contributed by atoms with Gasteiger partial charge in [-0.3, -0.25) is 0 Å². The Balaban J connectivity index is 1.78. The fourth-order valence-electron chi connectivity index (χ4n) is 3.20. The van der Waals surface area contributed by atoms with Crippen LogP contribution in [0.3, 0.4) is 0 Å². The summed E-state index contributed by atoms with van der Waals surface area (Å²) in [5.41, 5.74) is 3.33. The highest BCUT2D eigenvalue weighted by atomic mass is 32.1. The van der Waals surface area contributed by atoms with Crippen LogP contribution >= 0.6 is 11.3 Å². The molecule has 25 heavy (non-hydrogen) atoms. The third-order valence-corrected chi connectivity index (χ3v) is 7.33. The molecule has 0 saturated heterocycles. The van der Waals surface area contributed by atoms with Gasteiger partial charge >= 0.3 is 0 Å². The summed E-state index contributed by atoms with van der Waals surface area (Å²) in [5.74, 6) is 1.01. The molecule has 0 fully saturated rings. The predicted octanol–water partition coefficient (Wildman–Crippen LogP) is 6.04. The zero-order valence-corrected chi connectivity index (χ0v) is 16.8. The molecule has 0 N–H and O–H groups in total. The number of para-hydroxylation sites is 3. The number of nitrogens with zero attached hydrogens (tertiary/aromatic N) is 3. The third-order valence-electron chi connectivity index (χ3n) is 4.45. The maximum absolute atomic E-state index is 4.92. The van der Waals surface area contributed by atoms with E-state index in [0.717, 1.165) is 28.4 Å². The van der Waals surface area contributed by atoms with Gasteiger partial charge in [-0.05, 0) is 30.7 Å². The van der Waals surface area contributed by atoms with E-state index in [-0.39, 0.29) is 0 Å². The maximum Gasteiger partial charge on any atom is 0.170 e. The molecule has 128 valence electrons. The van der Waals surface area contributed by atoms with E-state index in [1.165, 1.54) is 22.7 Å². The maximum atomic E-state index is 4.92. The van der Waals surface area contributed by atoms with Gasteiger partial charge in [0.2, 0.25) is 0 Å². The van der Waals surface area contributed by atoms with Gasteiger partial charge in [0.15, 0.2) is 10.8 Å². The second-order valence-electron chi connectivity index (χ2n) is 7.73.